The summed E-state index contributed by atoms with van der Waals surface area (Å²) in [6, 6.07) is 1.46. The lowest BCUT2D eigenvalue weighted by Gasteiger charge is -2.10. The van der Waals surface area contributed by atoms with Crippen molar-refractivity contribution >= 4 is 21.4 Å². The molecule has 1 atom stereocenters. The molecule has 0 radical (unpaired) electrons. The molecule has 0 aromatic carbocycles. The number of sulfonamides is 1. The summed E-state index contributed by atoms with van der Waals surface area (Å²) in [6.45, 7) is 1.85. The molecule has 1 aromatic rings. The van der Waals surface area contributed by atoms with Crippen LogP contribution in [-0.4, -0.2) is 33.3 Å². The van der Waals surface area contributed by atoms with Crippen LogP contribution in [-0.2, 0) is 21.4 Å². The van der Waals surface area contributed by atoms with Gasteiger partial charge in [0.15, 0.2) is 0 Å². The fraction of sp³-hybridized carbons (Fsp3) is 0.556. The van der Waals surface area contributed by atoms with Crippen LogP contribution in [0, 0.1) is 0 Å². The van der Waals surface area contributed by atoms with Crippen molar-refractivity contribution in [2.24, 2.45) is 0 Å². The van der Waals surface area contributed by atoms with Gasteiger partial charge in [-0.15, -0.1) is 11.3 Å². The molecule has 0 amide bonds. The lowest BCUT2D eigenvalue weighted by molar-refractivity contribution is 0.122. The highest BCUT2D eigenvalue weighted by Crippen LogP contribution is 2.18. The lowest BCUT2D eigenvalue weighted by atomic mass is 10.4. The third kappa shape index (κ3) is 3.53. The Morgan fingerprint density at radius 1 is 1.62 bits per heavy atom. The number of methoxy groups -OCH3 is 1. The Kier molecular flexibility index (Phi) is 4.88. The first kappa shape index (κ1) is 13.6. The van der Waals surface area contributed by atoms with Crippen molar-refractivity contribution in [1.29, 1.82) is 0 Å². The average Bonchev–Trinajstić information content (AvgIpc) is 2.75. The predicted molar refractivity (Wildman–Crippen MR) is 61.9 cm³/mol. The van der Waals surface area contributed by atoms with Gasteiger partial charge in [0.05, 0.1) is 17.6 Å². The third-order valence-corrected chi connectivity index (χ3v) is 4.53. The number of aliphatic hydroxyl groups excluding tert-OH is 1. The predicted octanol–water partition coefficient (Wildman–Crippen LogP) is 0.554. The minimum atomic E-state index is -3.49. The molecule has 0 aliphatic carbocycles. The van der Waals surface area contributed by atoms with E-state index < -0.39 is 10.0 Å². The fourth-order valence-electron chi connectivity index (χ4n) is 0.978. The van der Waals surface area contributed by atoms with Crippen LogP contribution in [0.3, 0.4) is 0 Å². The van der Waals surface area contributed by atoms with Crippen molar-refractivity contribution in [3.8, 4) is 0 Å². The Morgan fingerprint density at radius 3 is 2.81 bits per heavy atom. The molecule has 0 aliphatic heterocycles. The molecule has 1 unspecified atom stereocenters. The molecule has 2 N–H and O–H groups in total. The van der Waals surface area contributed by atoms with E-state index in [2.05, 4.69) is 4.72 Å². The molecule has 92 valence electrons. The molecular formula is C9H15NO4S2. The molecule has 7 heteroatoms. The summed E-state index contributed by atoms with van der Waals surface area (Å²) in [7, 11) is -1.96. The summed E-state index contributed by atoms with van der Waals surface area (Å²) in [5, 5.41) is 10.4. The summed E-state index contributed by atoms with van der Waals surface area (Å²) < 4.78 is 30.9. The number of nitrogens with one attached hydrogen (secondary N) is 1. The molecule has 0 saturated carbocycles. The summed E-state index contributed by atoms with van der Waals surface area (Å²) in [6.07, 6.45) is -0.175. The van der Waals surface area contributed by atoms with Crippen LogP contribution < -0.4 is 4.72 Å². The van der Waals surface area contributed by atoms with E-state index in [0.29, 0.717) is 4.88 Å². The van der Waals surface area contributed by atoms with Gasteiger partial charge >= 0.3 is 0 Å². The van der Waals surface area contributed by atoms with E-state index in [1.807, 2.05) is 0 Å². The summed E-state index contributed by atoms with van der Waals surface area (Å²) in [4.78, 5) is 0.810. The summed E-state index contributed by atoms with van der Waals surface area (Å²) in [5.74, 6) is 0. The molecule has 0 aliphatic rings. The molecule has 0 spiro atoms. The van der Waals surface area contributed by atoms with Gasteiger partial charge in [-0.2, -0.15) is 0 Å². The number of thiophene rings is 1. The highest BCUT2D eigenvalue weighted by Gasteiger charge is 2.16. The molecule has 16 heavy (non-hydrogen) atoms. The number of hydrogen-bond acceptors (Lipinski definition) is 5. The minimum absolute atomic E-state index is 0.144. The van der Waals surface area contributed by atoms with Crippen LogP contribution in [0.1, 0.15) is 11.8 Å². The first-order valence-corrected chi connectivity index (χ1v) is 7.06. The Balaban J connectivity index is 2.70. The zero-order chi connectivity index (χ0) is 12.2. The second kappa shape index (κ2) is 5.74. The van der Waals surface area contributed by atoms with Crippen molar-refractivity contribution in [3.05, 3.63) is 16.3 Å². The average molecular weight is 265 g/mol. The Bertz CT molecular complexity index is 426. The number of aliphatic hydroxyl groups is 1. The largest absolute Gasteiger partial charge is 0.391 e. The SMILES string of the molecule is COC(C)CNS(=O)(=O)c1csc(CO)c1. The van der Waals surface area contributed by atoms with Gasteiger partial charge < -0.3 is 9.84 Å². The Morgan fingerprint density at radius 2 is 2.31 bits per heavy atom. The molecule has 0 bridgehead atoms. The summed E-state index contributed by atoms with van der Waals surface area (Å²) >= 11 is 1.22. The van der Waals surface area contributed by atoms with Crippen LogP contribution in [0.4, 0.5) is 0 Å². The van der Waals surface area contributed by atoms with E-state index in [1.165, 1.54) is 29.9 Å². The van der Waals surface area contributed by atoms with Gasteiger partial charge in [0.1, 0.15) is 0 Å². The third-order valence-electron chi connectivity index (χ3n) is 2.06. The van der Waals surface area contributed by atoms with E-state index in [0.717, 1.165) is 0 Å². The number of hydrogen-bond donors (Lipinski definition) is 2. The van der Waals surface area contributed by atoms with Gasteiger partial charge in [-0.1, -0.05) is 0 Å². The van der Waals surface area contributed by atoms with Crippen LogP contribution in [0.2, 0.25) is 0 Å². The topological polar surface area (TPSA) is 75.6 Å². The van der Waals surface area contributed by atoms with Crippen molar-refractivity contribution in [1.82, 2.24) is 4.72 Å². The number of ether oxygens (including phenoxy) is 1. The maximum absolute atomic E-state index is 11.7. The van der Waals surface area contributed by atoms with Crippen LogP contribution in [0.5, 0.6) is 0 Å². The standard InChI is InChI=1S/C9H15NO4S2/c1-7(14-2)4-10-16(12,13)9-3-8(5-11)15-6-9/h3,6-7,10-11H,4-5H2,1-2H3. The Hall–Kier alpha value is -0.470. The van der Waals surface area contributed by atoms with Gasteiger partial charge in [0.2, 0.25) is 10.0 Å². The Labute approximate surface area is 99.1 Å². The zero-order valence-corrected chi connectivity index (χ0v) is 10.8. The van der Waals surface area contributed by atoms with E-state index in [4.69, 9.17) is 9.84 Å². The molecule has 1 heterocycles. The van der Waals surface area contributed by atoms with Crippen LogP contribution >= 0.6 is 11.3 Å². The van der Waals surface area contributed by atoms with Gasteiger partial charge in [-0.05, 0) is 13.0 Å². The second-order valence-electron chi connectivity index (χ2n) is 3.31. The van der Waals surface area contributed by atoms with E-state index in [-0.39, 0.29) is 24.2 Å². The number of rotatable bonds is 6. The molecule has 0 fully saturated rings. The molecule has 1 rings (SSSR count). The van der Waals surface area contributed by atoms with Crippen LogP contribution in [0.25, 0.3) is 0 Å². The highest BCUT2D eigenvalue weighted by atomic mass is 32.2. The molecule has 0 saturated heterocycles. The molecule has 1 aromatic heterocycles. The van der Waals surface area contributed by atoms with Crippen molar-refractivity contribution in [2.45, 2.75) is 24.5 Å². The van der Waals surface area contributed by atoms with Crippen molar-refractivity contribution in [2.75, 3.05) is 13.7 Å². The second-order valence-corrected chi connectivity index (χ2v) is 6.07. The zero-order valence-electron chi connectivity index (χ0n) is 9.13. The summed E-state index contributed by atoms with van der Waals surface area (Å²) in [5.41, 5.74) is 0. The smallest absolute Gasteiger partial charge is 0.241 e. The first-order chi connectivity index (χ1) is 7.49. The molecular weight excluding hydrogens is 250 g/mol. The van der Waals surface area contributed by atoms with Gasteiger partial charge in [-0.25, -0.2) is 13.1 Å². The fourth-order valence-corrected chi connectivity index (χ4v) is 3.23. The first-order valence-electron chi connectivity index (χ1n) is 4.70. The normalized spacial score (nSPS) is 13.9. The monoisotopic (exact) mass is 265 g/mol. The van der Waals surface area contributed by atoms with Gasteiger partial charge in [-0.3, -0.25) is 0 Å². The van der Waals surface area contributed by atoms with Gasteiger partial charge in [0.25, 0.3) is 0 Å². The minimum Gasteiger partial charge on any atom is -0.391 e. The van der Waals surface area contributed by atoms with Gasteiger partial charge in [0, 0.05) is 23.9 Å². The van der Waals surface area contributed by atoms with Crippen molar-refractivity contribution < 1.29 is 18.3 Å². The van der Waals surface area contributed by atoms with Crippen molar-refractivity contribution in [3.63, 3.8) is 0 Å². The van der Waals surface area contributed by atoms with E-state index in [9.17, 15) is 8.42 Å². The lowest BCUT2D eigenvalue weighted by Crippen LogP contribution is -2.31. The van der Waals surface area contributed by atoms with Crippen LogP contribution in [0.15, 0.2) is 16.3 Å². The highest BCUT2D eigenvalue weighted by molar-refractivity contribution is 7.89. The van der Waals surface area contributed by atoms with E-state index >= 15 is 0 Å². The maximum Gasteiger partial charge on any atom is 0.241 e. The van der Waals surface area contributed by atoms with E-state index in [1.54, 1.807) is 6.92 Å². The molecule has 5 nitrogen and oxygen atoms in total. The maximum atomic E-state index is 11.7. The quantitative estimate of drug-likeness (QED) is 0.788.